The van der Waals surface area contributed by atoms with Gasteiger partial charge in [-0.25, -0.2) is 28.1 Å². The Balaban J connectivity index is 0.000000872. The molecule has 0 saturated carbocycles. The predicted molar refractivity (Wildman–Crippen MR) is 176 cm³/mol. The first-order valence-corrected chi connectivity index (χ1v) is 16.2. The van der Waals surface area contributed by atoms with Gasteiger partial charge in [0.25, 0.3) is 0 Å². The van der Waals surface area contributed by atoms with Crippen LogP contribution in [-0.2, 0) is 24.4 Å². The summed E-state index contributed by atoms with van der Waals surface area (Å²) in [5, 5.41) is 29.6. The fraction of sp³-hybridized carbons (Fsp3) is 0.250. The van der Waals surface area contributed by atoms with Crippen LogP contribution >= 0.6 is 0 Å². The lowest BCUT2D eigenvalue weighted by atomic mass is 10.0. The van der Waals surface area contributed by atoms with Gasteiger partial charge in [0.15, 0.2) is 17.5 Å². The van der Waals surface area contributed by atoms with Crippen molar-refractivity contribution in [3.8, 4) is 11.5 Å². The first-order chi connectivity index (χ1) is 23.3. The molecule has 0 saturated heterocycles. The molecule has 50 heavy (non-hydrogen) atoms. The molecule has 14 nitrogen and oxygen atoms in total. The third-order valence-electron chi connectivity index (χ3n) is 6.63. The number of anilines is 2. The van der Waals surface area contributed by atoms with E-state index < -0.39 is 46.1 Å². The Hall–Kier alpha value is -5.62. The lowest BCUT2D eigenvalue weighted by Gasteiger charge is -2.24. The van der Waals surface area contributed by atoms with E-state index in [-0.39, 0.29) is 16.6 Å². The molecule has 0 aliphatic rings. The molecule has 3 aromatic carbocycles. The molecule has 1 heterocycles. The van der Waals surface area contributed by atoms with Crippen LogP contribution in [0.25, 0.3) is 10.8 Å². The number of primary sulfonamides is 1. The molecule has 0 spiro atoms. The standard InChI is InChI=1S/C30H33N5O7S.C2HF3O2/c1-4-41-25-16-20(8-11-24(25)42-17(2)3)26(34-21-9-10-23-18(14-21)12-13-33-28(23)31)29(36)35-27(30(37)38)19-6-5-7-22(15-19)43(32,39)40;3-2(4,5)1(6)7/h5-17,26-27,34H,4H2,1-3H3,(H2,31,33)(H,35,36)(H,37,38)(H2,32,39,40);(H,6,7). The third-order valence-corrected chi connectivity index (χ3v) is 7.54. The monoisotopic (exact) mass is 721 g/mol. The van der Waals surface area contributed by atoms with E-state index in [0.717, 1.165) is 16.8 Å². The molecule has 1 amide bonds. The van der Waals surface area contributed by atoms with Gasteiger partial charge in [-0.05, 0) is 85.8 Å². The average Bonchev–Trinajstić information content (AvgIpc) is 3.02. The number of carbonyl (C=O) groups excluding carboxylic acids is 1. The normalized spacial score (nSPS) is 12.6. The number of aliphatic carboxylic acids is 2. The first-order valence-electron chi connectivity index (χ1n) is 14.6. The number of pyridine rings is 1. The van der Waals surface area contributed by atoms with Crippen LogP contribution in [0.2, 0.25) is 0 Å². The fourth-order valence-corrected chi connectivity index (χ4v) is 5.03. The van der Waals surface area contributed by atoms with Gasteiger partial charge in [0, 0.05) is 17.3 Å². The van der Waals surface area contributed by atoms with E-state index in [2.05, 4.69) is 15.6 Å². The van der Waals surface area contributed by atoms with Crippen molar-refractivity contribution >= 4 is 50.1 Å². The Morgan fingerprint density at radius 1 is 0.940 bits per heavy atom. The van der Waals surface area contributed by atoms with E-state index >= 15 is 0 Å². The van der Waals surface area contributed by atoms with E-state index in [9.17, 15) is 36.3 Å². The molecule has 1 aromatic heterocycles. The molecular formula is C32H34F3N5O9S. The van der Waals surface area contributed by atoms with Crippen molar-refractivity contribution < 1.29 is 55.7 Å². The summed E-state index contributed by atoms with van der Waals surface area (Å²) in [6.45, 7) is 5.90. The molecule has 2 atom stereocenters. The minimum absolute atomic E-state index is 0.0236. The topological polar surface area (TPSA) is 233 Å². The fourth-order valence-electron chi connectivity index (χ4n) is 4.47. The number of benzene rings is 3. The zero-order chi connectivity index (χ0) is 37.4. The van der Waals surface area contributed by atoms with E-state index in [1.165, 1.54) is 18.2 Å². The summed E-state index contributed by atoms with van der Waals surface area (Å²) in [6.07, 6.45) is -3.65. The van der Waals surface area contributed by atoms with Crippen molar-refractivity contribution in [3.05, 3.63) is 84.1 Å². The molecule has 4 aromatic rings. The molecule has 0 bridgehead atoms. The van der Waals surface area contributed by atoms with Gasteiger partial charge in [-0.3, -0.25) is 4.79 Å². The van der Waals surface area contributed by atoms with Crippen LogP contribution in [0.15, 0.2) is 77.8 Å². The summed E-state index contributed by atoms with van der Waals surface area (Å²) in [5.74, 6) is -3.62. The van der Waals surface area contributed by atoms with E-state index in [1.54, 1.807) is 48.7 Å². The molecule has 8 N–H and O–H groups in total. The SMILES string of the molecule is CCOc1cc(C(Nc2ccc3c(N)nccc3c2)C(=O)NC(C(=O)O)c2cccc(S(N)(=O)=O)c2)ccc1OC(C)C.O=C(O)C(F)(F)F. The molecule has 0 aliphatic carbocycles. The van der Waals surface area contributed by atoms with Crippen molar-refractivity contribution in [1.82, 2.24) is 10.3 Å². The molecule has 4 rings (SSSR count). The molecule has 0 aliphatic heterocycles. The second-order valence-electron chi connectivity index (χ2n) is 10.7. The molecule has 268 valence electrons. The smallest absolute Gasteiger partial charge is 0.490 e. The lowest BCUT2D eigenvalue weighted by Crippen LogP contribution is -2.39. The number of sulfonamides is 1. The number of nitrogens with one attached hydrogen (secondary N) is 2. The zero-order valence-electron chi connectivity index (χ0n) is 26.8. The van der Waals surface area contributed by atoms with Crippen LogP contribution in [0, 0.1) is 0 Å². The number of fused-ring (bicyclic) bond motifs is 1. The number of hydrogen-bond acceptors (Lipinski definition) is 10. The van der Waals surface area contributed by atoms with E-state index in [0.29, 0.717) is 35.2 Å². The Labute approximate surface area is 284 Å². The van der Waals surface area contributed by atoms with Crippen molar-refractivity contribution in [1.29, 1.82) is 0 Å². The van der Waals surface area contributed by atoms with Gasteiger partial charge in [0.05, 0.1) is 17.6 Å². The van der Waals surface area contributed by atoms with E-state index in [1.807, 2.05) is 20.8 Å². The Bertz CT molecular complexity index is 1970. The number of amides is 1. The highest BCUT2D eigenvalue weighted by Crippen LogP contribution is 2.34. The minimum Gasteiger partial charge on any atom is -0.490 e. The summed E-state index contributed by atoms with van der Waals surface area (Å²) >= 11 is 0. The van der Waals surface area contributed by atoms with Crippen LogP contribution in [0.3, 0.4) is 0 Å². The van der Waals surface area contributed by atoms with Crippen LogP contribution < -0.4 is 31.0 Å². The maximum absolute atomic E-state index is 13.9. The van der Waals surface area contributed by atoms with Gasteiger partial charge in [-0.15, -0.1) is 0 Å². The molecule has 18 heteroatoms. The number of carbonyl (C=O) groups is 3. The summed E-state index contributed by atoms with van der Waals surface area (Å²) < 4.78 is 67.2. The number of hydrogen-bond donors (Lipinski definition) is 6. The highest BCUT2D eigenvalue weighted by atomic mass is 32.2. The number of carboxylic acids is 2. The number of halogens is 3. The van der Waals surface area contributed by atoms with Crippen molar-refractivity contribution in [2.24, 2.45) is 5.14 Å². The third kappa shape index (κ3) is 10.4. The van der Waals surface area contributed by atoms with Crippen LogP contribution in [0.5, 0.6) is 11.5 Å². The largest absolute Gasteiger partial charge is 0.490 e. The summed E-state index contributed by atoms with van der Waals surface area (Å²) in [5.41, 5.74) is 7.01. The van der Waals surface area contributed by atoms with Gasteiger partial charge >= 0.3 is 18.1 Å². The quantitative estimate of drug-likeness (QED) is 0.120. The molecule has 0 radical (unpaired) electrons. The van der Waals surface area contributed by atoms with Crippen LogP contribution in [0.4, 0.5) is 24.7 Å². The van der Waals surface area contributed by atoms with Crippen LogP contribution in [-0.4, -0.2) is 60.3 Å². The van der Waals surface area contributed by atoms with Crippen LogP contribution in [0.1, 0.15) is 44.0 Å². The average molecular weight is 722 g/mol. The van der Waals surface area contributed by atoms with Gasteiger partial charge in [-0.1, -0.05) is 18.2 Å². The number of ether oxygens (including phenoxy) is 2. The van der Waals surface area contributed by atoms with Crippen molar-refractivity contribution in [2.75, 3.05) is 17.7 Å². The number of nitrogens with two attached hydrogens (primary N) is 2. The highest BCUT2D eigenvalue weighted by Gasteiger charge is 2.38. The van der Waals surface area contributed by atoms with Crippen molar-refractivity contribution in [3.63, 3.8) is 0 Å². The number of alkyl halides is 3. The molecule has 0 fully saturated rings. The van der Waals surface area contributed by atoms with Crippen molar-refractivity contribution in [2.45, 2.75) is 50.0 Å². The minimum atomic E-state index is -5.08. The lowest BCUT2D eigenvalue weighted by molar-refractivity contribution is -0.192. The zero-order valence-corrected chi connectivity index (χ0v) is 27.6. The van der Waals surface area contributed by atoms with Gasteiger partial charge in [-0.2, -0.15) is 13.2 Å². The summed E-state index contributed by atoms with van der Waals surface area (Å²) in [7, 11) is -4.11. The predicted octanol–water partition coefficient (Wildman–Crippen LogP) is 4.38. The second-order valence-corrected chi connectivity index (χ2v) is 12.3. The number of nitrogen functional groups attached to an aromatic ring is 1. The Morgan fingerprint density at radius 3 is 2.18 bits per heavy atom. The maximum Gasteiger partial charge on any atom is 0.490 e. The summed E-state index contributed by atoms with van der Waals surface area (Å²) in [6, 6.07) is 14.5. The van der Waals surface area contributed by atoms with E-state index in [4.69, 9.17) is 30.2 Å². The first kappa shape index (κ1) is 38.8. The number of aromatic nitrogens is 1. The second kappa shape index (κ2) is 16.2. The molecular weight excluding hydrogens is 687 g/mol. The number of rotatable bonds is 12. The van der Waals surface area contributed by atoms with Gasteiger partial charge in [0.2, 0.25) is 15.9 Å². The number of carboxylic acid groups (broad SMARTS) is 2. The Morgan fingerprint density at radius 2 is 1.60 bits per heavy atom. The summed E-state index contributed by atoms with van der Waals surface area (Å²) in [4.78, 5) is 38.9. The van der Waals surface area contributed by atoms with Gasteiger partial charge < -0.3 is 36.1 Å². The number of nitrogens with zero attached hydrogens (tertiary/aromatic N) is 1. The maximum atomic E-state index is 13.9. The highest BCUT2D eigenvalue weighted by molar-refractivity contribution is 7.89. The van der Waals surface area contributed by atoms with Gasteiger partial charge in [0.1, 0.15) is 11.9 Å². The Kier molecular flexibility index (Phi) is 12.6. The molecule has 2 unspecified atom stereocenters.